The first-order valence-corrected chi connectivity index (χ1v) is 8.92. The minimum atomic E-state index is -0.405. The van der Waals surface area contributed by atoms with Crippen LogP contribution < -0.4 is 4.90 Å². The Balaban J connectivity index is 2.20. The monoisotopic (exact) mass is 342 g/mol. The maximum Gasteiger partial charge on any atom is 0.341 e. The molecular formula is C20H26N2O3. The molecule has 2 atom stereocenters. The topological polar surface area (TPSA) is 62.7 Å². The predicted molar refractivity (Wildman–Crippen MR) is 99.2 cm³/mol. The molecular weight excluding hydrogens is 316 g/mol. The van der Waals surface area contributed by atoms with E-state index in [9.17, 15) is 9.90 Å². The van der Waals surface area contributed by atoms with Crippen molar-refractivity contribution < 1.29 is 14.6 Å². The zero-order chi connectivity index (χ0) is 18.1. The highest BCUT2D eigenvalue weighted by Crippen LogP contribution is 2.35. The lowest BCUT2D eigenvalue weighted by Gasteiger charge is -2.37. The van der Waals surface area contributed by atoms with Crippen molar-refractivity contribution in [3.63, 3.8) is 0 Å². The van der Waals surface area contributed by atoms with Crippen molar-refractivity contribution >= 4 is 22.6 Å². The minimum absolute atomic E-state index is 0.263. The lowest BCUT2D eigenvalue weighted by Crippen LogP contribution is -2.43. The number of hydrogen-bond donors (Lipinski definition) is 1. The quantitative estimate of drug-likeness (QED) is 0.868. The molecule has 0 amide bonds. The lowest BCUT2D eigenvalue weighted by atomic mass is 9.94. The van der Waals surface area contributed by atoms with Gasteiger partial charge in [0.25, 0.3) is 0 Å². The van der Waals surface area contributed by atoms with Crippen LogP contribution in [0.5, 0.6) is 0 Å². The van der Waals surface area contributed by atoms with Crippen molar-refractivity contribution in [2.75, 3.05) is 24.6 Å². The number of carbonyl (C=O) groups is 1. The normalized spacial score (nSPS) is 20.8. The zero-order valence-electron chi connectivity index (χ0n) is 15.4. The minimum Gasteiger partial charge on any atom is -0.462 e. The van der Waals surface area contributed by atoms with Crippen LogP contribution in [0.25, 0.3) is 10.9 Å². The van der Waals surface area contributed by atoms with E-state index in [4.69, 9.17) is 4.74 Å². The van der Waals surface area contributed by atoms with E-state index in [1.165, 1.54) is 0 Å². The smallest absolute Gasteiger partial charge is 0.341 e. The maximum atomic E-state index is 12.5. The Morgan fingerprint density at radius 3 is 2.84 bits per heavy atom. The molecule has 0 bridgehead atoms. The number of aromatic nitrogens is 1. The van der Waals surface area contributed by atoms with Crippen molar-refractivity contribution in [2.45, 2.75) is 40.2 Å². The molecule has 1 N–H and O–H groups in total. The standard InChI is InChI=1S/C20H26N2O3/c1-5-25-20(24)16-10-21-18-14(4)8-12(2)9-15(18)19(16)22-7-6-13(3)17(23)11-22/h8-10,13,17,23H,5-7,11H2,1-4H3. The average molecular weight is 342 g/mol. The second-order valence-electron chi connectivity index (χ2n) is 7.00. The fourth-order valence-corrected chi connectivity index (χ4v) is 3.60. The largest absolute Gasteiger partial charge is 0.462 e. The third-order valence-electron chi connectivity index (χ3n) is 5.01. The van der Waals surface area contributed by atoms with Gasteiger partial charge >= 0.3 is 5.97 Å². The van der Waals surface area contributed by atoms with E-state index < -0.39 is 6.10 Å². The number of ether oxygens (including phenoxy) is 1. The van der Waals surface area contributed by atoms with Crippen LogP contribution in [0.4, 0.5) is 5.69 Å². The summed E-state index contributed by atoms with van der Waals surface area (Å²) < 4.78 is 5.25. The predicted octanol–water partition coefficient (Wildman–Crippen LogP) is 3.24. The van der Waals surface area contributed by atoms with E-state index in [2.05, 4.69) is 28.9 Å². The van der Waals surface area contributed by atoms with Crippen molar-refractivity contribution in [3.05, 3.63) is 35.0 Å². The fourth-order valence-electron chi connectivity index (χ4n) is 3.60. The van der Waals surface area contributed by atoms with Gasteiger partial charge in [-0.1, -0.05) is 18.6 Å². The highest BCUT2D eigenvalue weighted by Gasteiger charge is 2.29. The molecule has 1 aliphatic heterocycles. The molecule has 134 valence electrons. The van der Waals surface area contributed by atoms with Crippen LogP contribution in [0.1, 0.15) is 41.8 Å². The van der Waals surface area contributed by atoms with Crippen LogP contribution in [-0.4, -0.2) is 41.9 Å². The number of hydrogen-bond acceptors (Lipinski definition) is 5. The number of pyridine rings is 1. The molecule has 0 radical (unpaired) electrons. The first kappa shape index (κ1) is 17.7. The summed E-state index contributed by atoms with van der Waals surface area (Å²) >= 11 is 0. The molecule has 1 fully saturated rings. The Labute approximate surface area is 148 Å². The molecule has 1 aliphatic rings. The molecule has 5 nitrogen and oxygen atoms in total. The number of carbonyl (C=O) groups excluding carboxylic acids is 1. The second-order valence-corrected chi connectivity index (χ2v) is 7.00. The molecule has 5 heteroatoms. The highest BCUT2D eigenvalue weighted by atomic mass is 16.5. The summed E-state index contributed by atoms with van der Waals surface area (Å²) in [5.41, 5.74) is 4.40. The number of aryl methyl sites for hydroxylation is 2. The van der Waals surface area contributed by atoms with E-state index in [1.54, 1.807) is 13.1 Å². The summed E-state index contributed by atoms with van der Waals surface area (Å²) in [4.78, 5) is 19.2. The van der Waals surface area contributed by atoms with Gasteiger partial charge in [-0.2, -0.15) is 0 Å². The zero-order valence-corrected chi connectivity index (χ0v) is 15.4. The van der Waals surface area contributed by atoms with Gasteiger partial charge in [-0.15, -0.1) is 0 Å². The van der Waals surface area contributed by atoms with E-state index >= 15 is 0 Å². The molecule has 1 aromatic heterocycles. The van der Waals surface area contributed by atoms with Crippen LogP contribution >= 0.6 is 0 Å². The number of aliphatic hydroxyl groups excluding tert-OH is 1. The average Bonchev–Trinajstić information content (AvgIpc) is 2.56. The van der Waals surface area contributed by atoms with E-state index in [-0.39, 0.29) is 11.9 Å². The van der Waals surface area contributed by atoms with Gasteiger partial charge in [0, 0.05) is 24.7 Å². The Morgan fingerprint density at radius 2 is 2.16 bits per heavy atom. The van der Waals surface area contributed by atoms with Crippen LogP contribution in [0.2, 0.25) is 0 Å². The fraction of sp³-hybridized carbons (Fsp3) is 0.500. The molecule has 2 heterocycles. The molecule has 2 unspecified atom stereocenters. The first-order chi connectivity index (χ1) is 11.9. The van der Waals surface area contributed by atoms with Crippen LogP contribution in [-0.2, 0) is 4.74 Å². The second kappa shape index (κ2) is 7.00. The Morgan fingerprint density at radius 1 is 1.40 bits per heavy atom. The number of esters is 1. The molecule has 1 aromatic carbocycles. The molecule has 0 spiro atoms. The van der Waals surface area contributed by atoms with Gasteiger partial charge in [0.2, 0.25) is 0 Å². The molecule has 0 saturated carbocycles. The van der Waals surface area contributed by atoms with E-state index in [0.717, 1.165) is 40.7 Å². The van der Waals surface area contributed by atoms with Crippen molar-refractivity contribution in [1.82, 2.24) is 4.98 Å². The van der Waals surface area contributed by atoms with Gasteiger partial charge in [0.1, 0.15) is 5.56 Å². The third kappa shape index (κ3) is 3.33. The van der Waals surface area contributed by atoms with Crippen LogP contribution in [0.3, 0.4) is 0 Å². The summed E-state index contributed by atoms with van der Waals surface area (Å²) in [6, 6.07) is 4.16. The number of aliphatic hydroxyl groups is 1. The van der Waals surface area contributed by atoms with Crippen LogP contribution in [0.15, 0.2) is 18.3 Å². The van der Waals surface area contributed by atoms with Gasteiger partial charge in [-0.25, -0.2) is 4.79 Å². The van der Waals surface area contributed by atoms with Crippen molar-refractivity contribution in [1.29, 1.82) is 0 Å². The summed E-state index contributed by atoms with van der Waals surface area (Å²) in [5, 5.41) is 11.3. The van der Waals surface area contributed by atoms with Gasteiger partial charge in [0.15, 0.2) is 0 Å². The highest BCUT2D eigenvalue weighted by molar-refractivity contribution is 6.06. The number of benzene rings is 1. The maximum absolute atomic E-state index is 12.5. The van der Waals surface area contributed by atoms with E-state index in [0.29, 0.717) is 18.7 Å². The van der Waals surface area contributed by atoms with Crippen LogP contribution in [0, 0.1) is 19.8 Å². The third-order valence-corrected chi connectivity index (χ3v) is 5.01. The summed E-state index contributed by atoms with van der Waals surface area (Å²) in [5.74, 6) is -0.0990. The molecule has 1 saturated heterocycles. The van der Waals surface area contributed by atoms with E-state index in [1.807, 2.05) is 13.8 Å². The SMILES string of the molecule is CCOC(=O)c1cnc2c(C)cc(C)cc2c1N1CCC(C)C(O)C1. The van der Waals surface area contributed by atoms with Crippen molar-refractivity contribution in [2.24, 2.45) is 5.92 Å². The molecule has 2 aromatic rings. The number of β-amino-alcohol motifs (C(OH)–C–C–N with tert-alkyl or cyclic N) is 1. The number of nitrogens with zero attached hydrogens (tertiary/aromatic N) is 2. The summed E-state index contributed by atoms with van der Waals surface area (Å²) in [6.07, 6.45) is 2.10. The van der Waals surface area contributed by atoms with Gasteiger partial charge in [-0.05, 0) is 44.7 Å². The Kier molecular flexibility index (Phi) is 4.95. The number of fused-ring (bicyclic) bond motifs is 1. The van der Waals surface area contributed by atoms with Gasteiger partial charge in [-0.3, -0.25) is 4.98 Å². The Hall–Kier alpha value is -2.14. The number of rotatable bonds is 3. The summed E-state index contributed by atoms with van der Waals surface area (Å²) in [7, 11) is 0. The lowest BCUT2D eigenvalue weighted by molar-refractivity contribution is 0.0525. The first-order valence-electron chi connectivity index (χ1n) is 8.92. The Bertz CT molecular complexity index is 803. The summed E-state index contributed by atoms with van der Waals surface area (Å²) in [6.45, 7) is 9.57. The van der Waals surface area contributed by atoms with Crippen molar-refractivity contribution in [3.8, 4) is 0 Å². The molecule has 3 rings (SSSR count). The molecule has 25 heavy (non-hydrogen) atoms. The number of piperidine rings is 1. The number of anilines is 1. The molecule has 0 aliphatic carbocycles. The van der Waals surface area contributed by atoms with Gasteiger partial charge < -0.3 is 14.7 Å². The van der Waals surface area contributed by atoms with Gasteiger partial charge in [0.05, 0.1) is 23.9 Å².